The maximum atomic E-state index is 6.49. The molecule has 0 unspecified atom stereocenters. The summed E-state index contributed by atoms with van der Waals surface area (Å²) >= 11 is 12.7. The van der Waals surface area contributed by atoms with E-state index in [2.05, 4.69) is 15.1 Å². The highest BCUT2D eigenvalue weighted by molar-refractivity contribution is 6.34. The first-order valence-corrected chi connectivity index (χ1v) is 8.02. The number of halogens is 2. The van der Waals surface area contributed by atoms with Crippen LogP contribution in [0.2, 0.25) is 10.2 Å². The minimum absolute atomic E-state index is 0.354. The van der Waals surface area contributed by atoms with Gasteiger partial charge in [-0.1, -0.05) is 28.4 Å². The molecule has 0 aliphatic rings. The third-order valence-electron chi connectivity index (χ3n) is 3.75. The minimum atomic E-state index is 0.354. The SMILES string of the molecule is Cc1cc(-c2c(Cl)nc3ccc(Cl)cc3c2-c2ccncc2)on1. The summed E-state index contributed by atoms with van der Waals surface area (Å²) in [6.45, 7) is 1.86. The lowest BCUT2D eigenvalue weighted by Crippen LogP contribution is -1.92. The second-order valence-corrected chi connectivity index (χ2v) is 6.18. The number of aromatic nitrogens is 3. The molecule has 0 fully saturated rings. The number of pyridine rings is 2. The van der Waals surface area contributed by atoms with Crippen LogP contribution in [0.3, 0.4) is 0 Å². The predicted molar refractivity (Wildman–Crippen MR) is 95.2 cm³/mol. The fraction of sp³-hybridized carbons (Fsp3) is 0.0556. The van der Waals surface area contributed by atoms with Gasteiger partial charge in [0.25, 0.3) is 0 Å². The summed E-state index contributed by atoms with van der Waals surface area (Å²) in [4.78, 5) is 8.58. The van der Waals surface area contributed by atoms with E-state index in [9.17, 15) is 0 Å². The summed E-state index contributed by atoms with van der Waals surface area (Å²) in [6, 6.07) is 11.2. The van der Waals surface area contributed by atoms with E-state index in [1.54, 1.807) is 18.5 Å². The van der Waals surface area contributed by atoms with Gasteiger partial charge < -0.3 is 4.52 Å². The minimum Gasteiger partial charge on any atom is -0.356 e. The Kier molecular flexibility index (Phi) is 3.71. The maximum Gasteiger partial charge on any atom is 0.170 e. The van der Waals surface area contributed by atoms with Crippen molar-refractivity contribution in [2.24, 2.45) is 0 Å². The molecule has 0 amide bonds. The van der Waals surface area contributed by atoms with Crippen molar-refractivity contribution in [3.8, 4) is 22.5 Å². The summed E-state index contributed by atoms with van der Waals surface area (Å²) in [5, 5.41) is 5.84. The number of hydrogen-bond acceptors (Lipinski definition) is 4. The van der Waals surface area contributed by atoms with Crippen LogP contribution in [0.15, 0.2) is 53.3 Å². The molecule has 0 radical (unpaired) electrons. The zero-order chi connectivity index (χ0) is 16.7. The molecule has 3 aromatic heterocycles. The molecule has 0 saturated carbocycles. The Labute approximate surface area is 148 Å². The molecule has 0 bridgehead atoms. The van der Waals surface area contributed by atoms with Gasteiger partial charge in [-0.3, -0.25) is 4.98 Å². The Hall–Kier alpha value is -2.43. The number of hydrogen-bond donors (Lipinski definition) is 0. The van der Waals surface area contributed by atoms with Gasteiger partial charge in [-0.05, 0) is 42.8 Å². The van der Waals surface area contributed by atoms with E-state index in [0.29, 0.717) is 21.5 Å². The van der Waals surface area contributed by atoms with E-state index in [1.807, 2.05) is 37.3 Å². The lowest BCUT2D eigenvalue weighted by atomic mass is 9.96. The number of nitrogens with zero attached hydrogens (tertiary/aromatic N) is 3. The fourth-order valence-corrected chi connectivity index (χ4v) is 3.18. The molecule has 0 N–H and O–H groups in total. The largest absolute Gasteiger partial charge is 0.356 e. The zero-order valence-electron chi connectivity index (χ0n) is 12.6. The van der Waals surface area contributed by atoms with Gasteiger partial charge in [0.2, 0.25) is 0 Å². The summed E-state index contributed by atoms with van der Waals surface area (Å²) < 4.78 is 5.45. The standard InChI is InChI=1S/C18H11Cl2N3O/c1-10-8-15(24-23-10)17-16(11-4-6-21-7-5-11)13-9-12(19)2-3-14(13)22-18(17)20/h2-9H,1H3. The van der Waals surface area contributed by atoms with Crippen molar-refractivity contribution in [3.63, 3.8) is 0 Å². The zero-order valence-corrected chi connectivity index (χ0v) is 14.1. The van der Waals surface area contributed by atoms with Crippen LogP contribution >= 0.6 is 23.2 Å². The third kappa shape index (κ3) is 2.54. The molecule has 0 aliphatic heterocycles. The van der Waals surface area contributed by atoms with Crippen molar-refractivity contribution >= 4 is 34.1 Å². The molecule has 0 spiro atoms. The molecule has 0 aliphatic carbocycles. The smallest absolute Gasteiger partial charge is 0.170 e. The molecular weight excluding hydrogens is 345 g/mol. The Balaban J connectivity index is 2.16. The van der Waals surface area contributed by atoms with E-state index in [1.165, 1.54) is 0 Å². The van der Waals surface area contributed by atoms with Crippen LogP contribution in [0.4, 0.5) is 0 Å². The Morgan fingerprint density at radius 1 is 0.958 bits per heavy atom. The first-order valence-electron chi connectivity index (χ1n) is 7.26. The fourth-order valence-electron chi connectivity index (χ4n) is 2.73. The normalized spacial score (nSPS) is 11.1. The Morgan fingerprint density at radius 2 is 1.75 bits per heavy atom. The molecule has 24 heavy (non-hydrogen) atoms. The quantitative estimate of drug-likeness (QED) is 0.441. The van der Waals surface area contributed by atoms with Gasteiger partial charge >= 0.3 is 0 Å². The number of rotatable bonds is 2. The van der Waals surface area contributed by atoms with Gasteiger partial charge in [0.05, 0.1) is 16.8 Å². The van der Waals surface area contributed by atoms with Gasteiger partial charge in [0, 0.05) is 34.4 Å². The van der Waals surface area contributed by atoms with Crippen LogP contribution in [-0.2, 0) is 0 Å². The van der Waals surface area contributed by atoms with E-state index >= 15 is 0 Å². The highest BCUT2D eigenvalue weighted by Gasteiger charge is 2.20. The monoisotopic (exact) mass is 355 g/mol. The topological polar surface area (TPSA) is 51.8 Å². The van der Waals surface area contributed by atoms with Crippen LogP contribution in [-0.4, -0.2) is 15.1 Å². The van der Waals surface area contributed by atoms with Crippen molar-refractivity contribution in [1.82, 2.24) is 15.1 Å². The van der Waals surface area contributed by atoms with E-state index < -0.39 is 0 Å². The Bertz CT molecular complexity index is 1050. The van der Waals surface area contributed by atoms with Gasteiger partial charge in [-0.2, -0.15) is 0 Å². The van der Waals surface area contributed by atoms with Gasteiger partial charge in [0.15, 0.2) is 5.76 Å². The van der Waals surface area contributed by atoms with Gasteiger partial charge in [0.1, 0.15) is 5.15 Å². The van der Waals surface area contributed by atoms with Crippen molar-refractivity contribution in [2.75, 3.05) is 0 Å². The first kappa shape index (κ1) is 15.1. The van der Waals surface area contributed by atoms with Crippen LogP contribution < -0.4 is 0 Å². The van der Waals surface area contributed by atoms with Crippen LogP contribution in [0.1, 0.15) is 5.69 Å². The van der Waals surface area contributed by atoms with Gasteiger partial charge in [-0.15, -0.1) is 0 Å². The third-order valence-corrected chi connectivity index (χ3v) is 4.25. The average molecular weight is 356 g/mol. The van der Waals surface area contributed by atoms with Crippen LogP contribution in [0, 0.1) is 6.92 Å². The van der Waals surface area contributed by atoms with Crippen molar-refractivity contribution in [3.05, 3.63) is 64.7 Å². The molecule has 1 aromatic carbocycles. The van der Waals surface area contributed by atoms with Crippen molar-refractivity contribution in [1.29, 1.82) is 0 Å². The molecule has 118 valence electrons. The van der Waals surface area contributed by atoms with Crippen LogP contribution in [0.25, 0.3) is 33.4 Å². The highest BCUT2D eigenvalue weighted by Crippen LogP contribution is 2.42. The highest BCUT2D eigenvalue weighted by atomic mass is 35.5. The molecule has 6 heteroatoms. The molecule has 4 aromatic rings. The van der Waals surface area contributed by atoms with E-state index in [-0.39, 0.29) is 0 Å². The number of benzene rings is 1. The Morgan fingerprint density at radius 3 is 2.46 bits per heavy atom. The molecule has 0 atom stereocenters. The van der Waals surface area contributed by atoms with E-state index in [0.717, 1.165) is 27.7 Å². The first-order chi connectivity index (χ1) is 11.6. The number of aryl methyl sites for hydroxylation is 1. The van der Waals surface area contributed by atoms with Crippen LogP contribution in [0.5, 0.6) is 0 Å². The van der Waals surface area contributed by atoms with E-state index in [4.69, 9.17) is 27.7 Å². The van der Waals surface area contributed by atoms with Crippen molar-refractivity contribution < 1.29 is 4.52 Å². The molecular formula is C18H11Cl2N3O. The summed E-state index contributed by atoms with van der Waals surface area (Å²) in [5.74, 6) is 0.568. The average Bonchev–Trinajstić information content (AvgIpc) is 3.01. The second-order valence-electron chi connectivity index (χ2n) is 5.38. The maximum absolute atomic E-state index is 6.49. The summed E-state index contributed by atoms with van der Waals surface area (Å²) in [7, 11) is 0. The second kappa shape index (κ2) is 5.89. The summed E-state index contributed by atoms with van der Waals surface area (Å²) in [6.07, 6.45) is 3.46. The molecule has 4 rings (SSSR count). The predicted octanol–water partition coefficient (Wildman–Crippen LogP) is 5.57. The lowest BCUT2D eigenvalue weighted by molar-refractivity contribution is 0.427. The summed E-state index contributed by atoms with van der Waals surface area (Å²) in [5.41, 5.74) is 4.07. The number of fused-ring (bicyclic) bond motifs is 1. The molecule has 0 saturated heterocycles. The van der Waals surface area contributed by atoms with Gasteiger partial charge in [-0.25, -0.2) is 4.98 Å². The molecule has 4 nitrogen and oxygen atoms in total. The van der Waals surface area contributed by atoms with Crippen molar-refractivity contribution in [2.45, 2.75) is 6.92 Å². The lowest BCUT2D eigenvalue weighted by Gasteiger charge is -2.13. The molecule has 3 heterocycles.